The maximum Gasteiger partial charge on any atom is 0.234 e. The lowest BCUT2D eigenvalue weighted by Crippen LogP contribution is -2.27. The predicted molar refractivity (Wildman–Crippen MR) is 86.9 cm³/mol. The number of benzene rings is 2. The number of carbonyl (C=O) groups is 2. The third-order valence-corrected chi connectivity index (χ3v) is 4.00. The number of nitrogens with one attached hydrogen (secondary N) is 2. The van der Waals surface area contributed by atoms with Crippen molar-refractivity contribution in [2.24, 2.45) is 0 Å². The summed E-state index contributed by atoms with van der Waals surface area (Å²) in [5, 5.41) is 5.75. The van der Waals surface area contributed by atoms with Crippen LogP contribution in [0.2, 0.25) is 0 Å². The molecule has 0 saturated heterocycles. The zero-order valence-corrected chi connectivity index (χ0v) is 12.6. The van der Waals surface area contributed by atoms with Gasteiger partial charge >= 0.3 is 0 Å². The number of carbonyl (C=O) groups excluding carboxylic acids is 2. The highest BCUT2D eigenvalue weighted by molar-refractivity contribution is 6.06. The van der Waals surface area contributed by atoms with E-state index >= 15 is 0 Å². The first-order valence-corrected chi connectivity index (χ1v) is 7.26. The van der Waals surface area contributed by atoms with Gasteiger partial charge in [-0.3, -0.25) is 9.59 Å². The number of fused-ring (bicyclic) bond motifs is 1. The van der Waals surface area contributed by atoms with E-state index < -0.39 is 5.41 Å². The number of hydrogen-bond donors (Lipinski definition) is 2. The van der Waals surface area contributed by atoms with Crippen LogP contribution in [0.4, 0.5) is 11.4 Å². The monoisotopic (exact) mass is 294 g/mol. The van der Waals surface area contributed by atoms with Gasteiger partial charge in [-0.25, -0.2) is 0 Å². The van der Waals surface area contributed by atoms with Crippen LogP contribution in [0.5, 0.6) is 0 Å². The molecule has 4 heteroatoms. The predicted octanol–water partition coefficient (Wildman–Crippen LogP) is 3.10. The molecule has 0 aliphatic carbocycles. The molecule has 4 nitrogen and oxygen atoms in total. The average Bonchev–Trinajstić information content (AvgIpc) is 2.71. The first kappa shape index (κ1) is 14.3. The lowest BCUT2D eigenvalue weighted by Gasteiger charge is -2.16. The lowest BCUT2D eigenvalue weighted by molar-refractivity contribution is -0.119. The molecule has 0 radical (unpaired) electrons. The van der Waals surface area contributed by atoms with Crippen molar-refractivity contribution in [1.29, 1.82) is 0 Å². The molecule has 0 aromatic heterocycles. The SMILES string of the molecule is CC1(C)C(=O)Nc2ccc(NC(=O)Cc3ccccc3)cc21. The highest BCUT2D eigenvalue weighted by Gasteiger charge is 2.38. The first-order valence-electron chi connectivity index (χ1n) is 7.26. The highest BCUT2D eigenvalue weighted by Crippen LogP contribution is 2.38. The molecule has 0 spiro atoms. The first-order chi connectivity index (χ1) is 10.5. The van der Waals surface area contributed by atoms with E-state index in [1.807, 2.05) is 62.4 Å². The number of anilines is 2. The van der Waals surface area contributed by atoms with Crippen molar-refractivity contribution in [2.45, 2.75) is 25.7 Å². The van der Waals surface area contributed by atoms with Gasteiger partial charge in [0, 0.05) is 11.4 Å². The fraction of sp³-hybridized carbons (Fsp3) is 0.222. The molecule has 1 heterocycles. The summed E-state index contributed by atoms with van der Waals surface area (Å²) in [6.45, 7) is 3.76. The van der Waals surface area contributed by atoms with E-state index in [0.717, 1.165) is 16.8 Å². The summed E-state index contributed by atoms with van der Waals surface area (Å²) in [7, 11) is 0. The zero-order valence-electron chi connectivity index (χ0n) is 12.6. The van der Waals surface area contributed by atoms with Crippen LogP contribution in [-0.2, 0) is 21.4 Å². The molecule has 112 valence electrons. The van der Waals surface area contributed by atoms with E-state index in [2.05, 4.69) is 10.6 Å². The fourth-order valence-corrected chi connectivity index (χ4v) is 2.64. The molecule has 0 saturated carbocycles. The van der Waals surface area contributed by atoms with E-state index in [1.54, 1.807) is 0 Å². The van der Waals surface area contributed by atoms with Crippen molar-refractivity contribution >= 4 is 23.2 Å². The summed E-state index contributed by atoms with van der Waals surface area (Å²) in [6.07, 6.45) is 0.332. The van der Waals surface area contributed by atoms with Gasteiger partial charge in [-0.1, -0.05) is 30.3 Å². The Morgan fingerprint density at radius 1 is 1.14 bits per heavy atom. The minimum absolute atomic E-state index is 0.0183. The Morgan fingerprint density at radius 3 is 2.59 bits per heavy atom. The molecule has 2 N–H and O–H groups in total. The molecule has 1 aliphatic heterocycles. The van der Waals surface area contributed by atoms with Crippen LogP contribution in [0, 0.1) is 0 Å². The van der Waals surface area contributed by atoms with Crippen molar-refractivity contribution in [3.05, 3.63) is 59.7 Å². The molecule has 0 bridgehead atoms. The number of hydrogen-bond acceptors (Lipinski definition) is 2. The Balaban J connectivity index is 1.76. The van der Waals surface area contributed by atoms with Crippen molar-refractivity contribution in [1.82, 2.24) is 0 Å². The maximum atomic E-state index is 12.1. The number of amides is 2. The van der Waals surface area contributed by atoms with Crippen LogP contribution in [0.3, 0.4) is 0 Å². The molecule has 22 heavy (non-hydrogen) atoms. The molecule has 2 aromatic carbocycles. The molecule has 3 rings (SSSR count). The Labute approximate surface area is 129 Å². The Hall–Kier alpha value is -2.62. The van der Waals surface area contributed by atoms with Crippen LogP contribution in [0.1, 0.15) is 25.0 Å². The molecular formula is C18H18N2O2. The van der Waals surface area contributed by atoms with E-state index in [1.165, 1.54) is 0 Å². The van der Waals surface area contributed by atoms with Gasteiger partial charge in [0.1, 0.15) is 0 Å². The van der Waals surface area contributed by atoms with Gasteiger partial charge in [0.25, 0.3) is 0 Å². The Bertz CT molecular complexity index is 736. The van der Waals surface area contributed by atoms with Crippen LogP contribution in [0.15, 0.2) is 48.5 Å². The van der Waals surface area contributed by atoms with Crippen LogP contribution < -0.4 is 10.6 Å². The van der Waals surface area contributed by atoms with Crippen LogP contribution in [0.25, 0.3) is 0 Å². The Kier molecular flexibility index (Phi) is 3.45. The van der Waals surface area contributed by atoms with E-state index in [-0.39, 0.29) is 11.8 Å². The average molecular weight is 294 g/mol. The third kappa shape index (κ3) is 2.60. The highest BCUT2D eigenvalue weighted by atomic mass is 16.2. The second-order valence-electron chi connectivity index (χ2n) is 6.05. The van der Waals surface area contributed by atoms with Crippen molar-refractivity contribution in [3.63, 3.8) is 0 Å². The van der Waals surface area contributed by atoms with Gasteiger partial charge in [-0.05, 0) is 43.2 Å². The van der Waals surface area contributed by atoms with Crippen molar-refractivity contribution in [2.75, 3.05) is 10.6 Å². The van der Waals surface area contributed by atoms with Gasteiger partial charge < -0.3 is 10.6 Å². The maximum absolute atomic E-state index is 12.1. The van der Waals surface area contributed by atoms with E-state index in [0.29, 0.717) is 12.1 Å². The minimum Gasteiger partial charge on any atom is -0.326 e. The van der Waals surface area contributed by atoms with E-state index in [4.69, 9.17) is 0 Å². The molecule has 0 unspecified atom stereocenters. The summed E-state index contributed by atoms with van der Waals surface area (Å²) < 4.78 is 0. The molecule has 0 fully saturated rings. The summed E-state index contributed by atoms with van der Waals surface area (Å²) in [4.78, 5) is 24.0. The fourth-order valence-electron chi connectivity index (χ4n) is 2.64. The van der Waals surface area contributed by atoms with E-state index in [9.17, 15) is 9.59 Å². The molecule has 2 aromatic rings. The molecule has 1 aliphatic rings. The van der Waals surface area contributed by atoms with Gasteiger partial charge in [-0.2, -0.15) is 0 Å². The van der Waals surface area contributed by atoms with Gasteiger partial charge in [0.15, 0.2) is 0 Å². The van der Waals surface area contributed by atoms with Crippen LogP contribution >= 0.6 is 0 Å². The minimum atomic E-state index is -0.574. The Morgan fingerprint density at radius 2 is 1.86 bits per heavy atom. The van der Waals surface area contributed by atoms with Crippen molar-refractivity contribution < 1.29 is 9.59 Å². The second kappa shape index (κ2) is 5.30. The van der Waals surface area contributed by atoms with Crippen molar-refractivity contribution in [3.8, 4) is 0 Å². The smallest absolute Gasteiger partial charge is 0.234 e. The molecular weight excluding hydrogens is 276 g/mol. The van der Waals surface area contributed by atoms with Gasteiger partial charge in [0.05, 0.1) is 11.8 Å². The lowest BCUT2D eigenvalue weighted by atomic mass is 9.86. The standard InChI is InChI=1S/C18H18N2O2/c1-18(2)14-11-13(8-9-15(14)20-17(18)22)19-16(21)10-12-6-4-3-5-7-12/h3-9,11H,10H2,1-2H3,(H,19,21)(H,20,22). The normalized spacial score (nSPS) is 15.1. The van der Waals surface area contributed by atoms with Gasteiger partial charge in [-0.15, -0.1) is 0 Å². The van der Waals surface area contributed by atoms with Gasteiger partial charge in [0.2, 0.25) is 11.8 Å². The largest absolute Gasteiger partial charge is 0.326 e. The number of rotatable bonds is 3. The summed E-state index contributed by atoms with van der Waals surface area (Å²) >= 11 is 0. The third-order valence-electron chi connectivity index (χ3n) is 4.00. The second-order valence-corrected chi connectivity index (χ2v) is 6.05. The summed E-state index contributed by atoms with van der Waals surface area (Å²) in [5.74, 6) is -0.0866. The topological polar surface area (TPSA) is 58.2 Å². The summed E-state index contributed by atoms with van der Waals surface area (Å²) in [5.41, 5.74) is 2.84. The van der Waals surface area contributed by atoms with Crippen LogP contribution in [-0.4, -0.2) is 11.8 Å². The quantitative estimate of drug-likeness (QED) is 0.914. The summed E-state index contributed by atoms with van der Waals surface area (Å²) in [6, 6.07) is 15.1. The molecule has 2 amide bonds. The molecule has 0 atom stereocenters. The zero-order chi connectivity index (χ0) is 15.7.